The van der Waals surface area contributed by atoms with E-state index >= 15 is 0 Å². The van der Waals surface area contributed by atoms with Gasteiger partial charge in [0.25, 0.3) is 5.91 Å². The van der Waals surface area contributed by atoms with Crippen molar-refractivity contribution in [2.75, 3.05) is 0 Å². The molecule has 0 saturated carbocycles. The number of amides is 1. The summed E-state index contributed by atoms with van der Waals surface area (Å²) in [4.78, 5) is 12.1. The summed E-state index contributed by atoms with van der Waals surface area (Å²) in [5.74, 6) is 0.445. The maximum Gasteiger partial charge on any atom is 0.271 e. The van der Waals surface area contributed by atoms with Crippen LogP contribution in [0.2, 0.25) is 0 Å². The largest absolute Gasteiger partial charge is 0.489 e. The Morgan fingerprint density at radius 2 is 1.68 bits per heavy atom. The number of carbonyl (C=O) groups excluding carboxylic acids is 1. The van der Waals surface area contributed by atoms with Crippen molar-refractivity contribution in [2.24, 2.45) is 5.10 Å². The number of nitrogens with zero attached hydrogens (tertiary/aromatic N) is 1. The van der Waals surface area contributed by atoms with E-state index in [-0.39, 0.29) is 5.91 Å². The average molecular weight is 370 g/mol. The minimum absolute atomic E-state index is 0.269. The molecule has 3 aromatic rings. The summed E-state index contributed by atoms with van der Waals surface area (Å²) in [5, 5.41) is 3.93. The van der Waals surface area contributed by atoms with E-state index in [0.29, 0.717) is 17.9 Å². The van der Waals surface area contributed by atoms with Crippen LogP contribution < -0.4 is 10.2 Å². The number of allylic oxidation sites excluding steroid dienone is 1. The average Bonchev–Trinajstić information content (AvgIpc) is 2.74. The van der Waals surface area contributed by atoms with E-state index in [2.05, 4.69) is 29.6 Å². The molecule has 0 aromatic heterocycles. The quantitative estimate of drug-likeness (QED) is 0.470. The molecule has 0 bridgehead atoms. The van der Waals surface area contributed by atoms with Gasteiger partial charge in [0.05, 0.1) is 0 Å². The van der Waals surface area contributed by atoms with Crippen molar-refractivity contribution >= 4 is 18.2 Å². The fourth-order valence-electron chi connectivity index (χ4n) is 2.48. The van der Waals surface area contributed by atoms with Gasteiger partial charge < -0.3 is 4.74 Å². The number of ether oxygens (including phenoxy) is 1. The third kappa shape index (κ3) is 5.95. The van der Waals surface area contributed by atoms with Gasteiger partial charge >= 0.3 is 0 Å². The number of nitrogens with one attached hydrogen (secondary N) is 1. The Bertz CT molecular complexity index is 944. The Morgan fingerprint density at radius 1 is 0.964 bits per heavy atom. The summed E-state index contributed by atoms with van der Waals surface area (Å²) in [5.41, 5.74) is 6.42. The van der Waals surface area contributed by atoms with Crippen molar-refractivity contribution in [3.8, 4) is 5.75 Å². The number of hydrogen-bond donors (Lipinski definition) is 1. The Labute approximate surface area is 165 Å². The van der Waals surface area contributed by atoms with Gasteiger partial charge in [-0.25, -0.2) is 5.43 Å². The minimum Gasteiger partial charge on any atom is -0.489 e. The Hall–Kier alpha value is -3.66. The lowest BCUT2D eigenvalue weighted by Crippen LogP contribution is -2.17. The Balaban J connectivity index is 1.47. The van der Waals surface area contributed by atoms with Crippen molar-refractivity contribution < 1.29 is 9.53 Å². The van der Waals surface area contributed by atoms with E-state index in [1.165, 1.54) is 5.56 Å². The van der Waals surface area contributed by atoms with Crippen molar-refractivity contribution in [1.29, 1.82) is 0 Å². The summed E-state index contributed by atoms with van der Waals surface area (Å²) in [6.07, 6.45) is 5.23. The van der Waals surface area contributed by atoms with Gasteiger partial charge in [-0.1, -0.05) is 66.2 Å². The SMILES string of the molecule is Cc1ccc(COc2ccc(C(=O)NN=C/C=C/c3ccccc3)cc2)cc1. The summed E-state index contributed by atoms with van der Waals surface area (Å²) in [6.45, 7) is 2.54. The van der Waals surface area contributed by atoms with Gasteiger partial charge in [-0.05, 0) is 48.4 Å². The molecule has 0 aliphatic carbocycles. The molecule has 0 unspecified atom stereocenters. The molecule has 1 N–H and O–H groups in total. The van der Waals surface area contributed by atoms with Crippen molar-refractivity contribution in [1.82, 2.24) is 5.43 Å². The molecule has 4 heteroatoms. The van der Waals surface area contributed by atoms with E-state index in [1.54, 1.807) is 36.6 Å². The maximum atomic E-state index is 12.1. The van der Waals surface area contributed by atoms with E-state index in [9.17, 15) is 4.79 Å². The molecule has 4 nitrogen and oxygen atoms in total. The van der Waals surface area contributed by atoms with Crippen LogP contribution >= 0.6 is 0 Å². The fraction of sp³-hybridized carbons (Fsp3) is 0.0833. The van der Waals surface area contributed by atoms with E-state index in [1.807, 2.05) is 48.5 Å². The second-order valence-electron chi connectivity index (χ2n) is 6.29. The topological polar surface area (TPSA) is 50.7 Å². The molecule has 28 heavy (non-hydrogen) atoms. The van der Waals surface area contributed by atoms with E-state index in [4.69, 9.17) is 4.74 Å². The number of carbonyl (C=O) groups is 1. The van der Waals surface area contributed by atoms with Gasteiger partial charge in [0, 0.05) is 11.8 Å². The van der Waals surface area contributed by atoms with Gasteiger partial charge in [0.1, 0.15) is 12.4 Å². The number of rotatable bonds is 7. The van der Waals surface area contributed by atoms with Gasteiger partial charge in [-0.2, -0.15) is 5.10 Å². The van der Waals surface area contributed by atoms with Crippen LogP contribution in [0.3, 0.4) is 0 Å². The number of hydrazone groups is 1. The molecule has 0 saturated heterocycles. The highest BCUT2D eigenvalue weighted by molar-refractivity contribution is 5.94. The van der Waals surface area contributed by atoms with Crippen LogP contribution in [0.25, 0.3) is 6.08 Å². The van der Waals surface area contributed by atoms with Crippen LogP contribution in [0.1, 0.15) is 27.0 Å². The molecule has 0 fully saturated rings. The number of hydrogen-bond acceptors (Lipinski definition) is 3. The van der Waals surface area contributed by atoms with Crippen molar-refractivity contribution in [3.63, 3.8) is 0 Å². The molecular formula is C24H22N2O2. The van der Waals surface area contributed by atoms with Crippen LogP contribution in [0.4, 0.5) is 0 Å². The molecule has 0 radical (unpaired) electrons. The lowest BCUT2D eigenvalue weighted by molar-refractivity contribution is 0.0955. The standard InChI is InChI=1S/C24H22N2O2/c1-19-9-11-21(12-10-19)18-28-23-15-13-22(14-16-23)24(27)26-25-17-5-8-20-6-3-2-4-7-20/h2-17H,18H2,1H3,(H,26,27)/b8-5+,25-17?. The predicted molar refractivity (Wildman–Crippen MR) is 113 cm³/mol. The van der Waals surface area contributed by atoms with Gasteiger partial charge in [0.2, 0.25) is 0 Å². The van der Waals surface area contributed by atoms with Crippen LogP contribution in [-0.4, -0.2) is 12.1 Å². The van der Waals surface area contributed by atoms with Crippen LogP contribution in [0, 0.1) is 6.92 Å². The summed E-state index contributed by atoms with van der Waals surface area (Å²) in [6, 6.07) is 25.1. The zero-order chi connectivity index (χ0) is 19.6. The minimum atomic E-state index is -0.269. The third-order valence-electron chi connectivity index (χ3n) is 4.06. The number of aryl methyl sites for hydroxylation is 1. The smallest absolute Gasteiger partial charge is 0.271 e. The molecular weight excluding hydrogens is 348 g/mol. The third-order valence-corrected chi connectivity index (χ3v) is 4.06. The first-order chi connectivity index (χ1) is 13.7. The molecule has 0 atom stereocenters. The first-order valence-corrected chi connectivity index (χ1v) is 9.04. The van der Waals surface area contributed by atoms with Gasteiger partial charge in [0.15, 0.2) is 0 Å². The molecule has 140 valence electrons. The summed E-state index contributed by atoms with van der Waals surface area (Å²) >= 11 is 0. The summed E-state index contributed by atoms with van der Waals surface area (Å²) in [7, 11) is 0. The Morgan fingerprint density at radius 3 is 2.39 bits per heavy atom. The second-order valence-corrected chi connectivity index (χ2v) is 6.29. The van der Waals surface area contributed by atoms with Crippen LogP contribution in [0.15, 0.2) is 90.0 Å². The van der Waals surface area contributed by atoms with Crippen LogP contribution in [0.5, 0.6) is 5.75 Å². The normalized spacial score (nSPS) is 11.0. The molecule has 3 rings (SSSR count). The zero-order valence-electron chi connectivity index (χ0n) is 15.7. The zero-order valence-corrected chi connectivity index (χ0v) is 15.7. The van der Waals surface area contributed by atoms with Gasteiger partial charge in [-0.15, -0.1) is 0 Å². The molecule has 0 spiro atoms. The van der Waals surface area contributed by atoms with Gasteiger partial charge in [-0.3, -0.25) is 4.79 Å². The maximum absolute atomic E-state index is 12.1. The predicted octanol–water partition coefficient (Wildman–Crippen LogP) is 5.00. The highest BCUT2D eigenvalue weighted by Crippen LogP contribution is 2.14. The highest BCUT2D eigenvalue weighted by atomic mass is 16.5. The molecule has 1 amide bonds. The fourth-order valence-corrected chi connectivity index (χ4v) is 2.48. The van der Waals surface area contributed by atoms with Crippen LogP contribution in [-0.2, 0) is 6.61 Å². The van der Waals surface area contributed by atoms with E-state index in [0.717, 1.165) is 11.1 Å². The first-order valence-electron chi connectivity index (χ1n) is 9.04. The number of benzene rings is 3. The molecule has 0 heterocycles. The lowest BCUT2D eigenvalue weighted by Gasteiger charge is -2.07. The summed E-state index contributed by atoms with van der Waals surface area (Å²) < 4.78 is 5.75. The van der Waals surface area contributed by atoms with Crippen molar-refractivity contribution in [3.05, 3.63) is 107 Å². The Kier molecular flexibility index (Phi) is 6.74. The second kappa shape index (κ2) is 9.88. The molecule has 3 aromatic carbocycles. The highest BCUT2D eigenvalue weighted by Gasteiger charge is 2.04. The lowest BCUT2D eigenvalue weighted by atomic mass is 10.2. The first kappa shape index (κ1) is 19.1. The molecule has 0 aliphatic heterocycles. The van der Waals surface area contributed by atoms with E-state index < -0.39 is 0 Å². The van der Waals surface area contributed by atoms with Crippen molar-refractivity contribution in [2.45, 2.75) is 13.5 Å². The monoisotopic (exact) mass is 370 g/mol. The molecule has 0 aliphatic rings.